The maximum Gasteiger partial charge on any atom is 0.246 e. The summed E-state index contributed by atoms with van der Waals surface area (Å²) in [4.78, 5) is 0.120. The zero-order valence-corrected chi connectivity index (χ0v) is 16.4. The van der Waals surface area contributed by atoms with Gasteiger partial charge in [0.25, 0.3) is 0 Å². The zero-order chi connectivity index (χ0) is 18.2. The molecule has 1 aliphatic carbocycles. The van der Waals surface area contributed by atoms with Crippen LogP contribution >= 0.6 is 11.6 Å². The monoisotopic (exact) mass is 387 g/mol. The van der Waals surface area contributed by atoms with Crippen molar-refractivity contribution >= 4 is 21.6 Å². The number of hydrogen-bond acceptors (Lipinski definition) is 4. The number of aliphatic hydroxyl groups excluding tert-OH is 1. The van der Waals surface area contributed by atoms with Crippen LogP contribution in [0.1, 0.15) is 44.6 Å². The van der Waals surface area contributed by atoms with E-state index in [9.17, 15) is 13.5 Å². The lowest BCUT2D eigenvalue weighted by molar-refractivity contribution is 0.0126. The van der Waals surface area contributed by atoms with Crippen molar-refractivity contribution < 1.29 is 18.3 Å². The molecule has 2 aliphatic rings. The summed E-state index contributed by atoms with van der Waals surface area (Å²) in [5, 5.41) is 10.8. The Morgan fingerprint density at radius 3 is 2.72 bits per heavy atom. The Labute approximate surface area is 155 Å². The van der Waals surface area contributed by atoms with E-state index in [-0.39, 0.29) is 10.3 Å². The Hall–Kier alpha value is -0.820. The van der Waals surface area contributed by atoms with Gasteiger partial charge in [-0.25, -0.2) is 8.42 Å². The fourth-order valence-electron chi connectivity index (χ4n) is 4.16. The molecule has 1 aliphatic heterocycles. The maximum atomic E-state index is 13.3. The van der Waals surface area contributed by atoms with Gasteiger partial charge < -0.3 is 9.84 Å². The minimum Gasteiger partial charge on any atom is -0.492 e. The number of sulfonamides is 1. The first kappa shape index (κ1) is 19.0. The van der Waals surface area contributed by atoms with Crippen LogP contribution < -0.4 is 4.74 Å². The molecule has 1 saturated heterocycles. The van der Waals surface area contributed by atoms with Crippen molar-refractivity contribution in [3.05, 3.63) is 22.7 Å². The third-order valence-electron chi connectivity index (χ3n) is 5.58. The second-order valence-corrected chi connectivity index (χ2v) is 9.51. The van der Waals surface area contributed by atoms with Crippen molar-refractivity contribution in [3.63, 3.8) is 0 Å². The van der Waals surface area contributed by atoms with Gasteiger partial charge >= 0.3 is 0 Å². The second-order valence-electron chi connectivity index (χ2n) is 7.19. The molecule has 0 aromatic heterocycles. The Bertz CT molecular complexity index is 752. The molecule has 2 atom stereocenters. The molecule has 1 aromatic rings. The molecule has 1 aromatic carbocycles. The molecule has 1 saturated carbocycles. The zero-order valence-electron chi connectivity index (χ0n) is 14.8. The molecule has 25 heavy (non-hydrogen) atoms. The van der Waals surface area contributed by atoms with Crippen LogP contribution in [-0.4, -0.2) is 43.6 Å². The van der Waals surface area contributed by atoms with Crippen molar-refractivity contribution in [2.24, 2.45) is 5.41 Å². The maximum absolute atomic E-state index is 13.3. The topological polar surface area (TPSA) is 66.8 Å². The SMILES string of the molecule is CCOc1cc(C)c(Cl)cc1S(=O)(=O)N1CCC[C@]2(CCC[C@H]2O)C1. The highest BCUT2D eigenvalue weighted by Crippen LogP contribution is 2.46. The van der Waals surface area contributed by atoms with Crippen molar-refractivity contribution in [1.29, 1.82) is 0 Å². The lowest BCUT2D eigenvalue weighted by atomic mass is 9.77. The molecule has 3 rings (SSSR count). The molecule has 0 bridgehead atoms. The fraction of sp³-hybridized carbons (Fsp3) is 0.667. The molecule has 5 nitrogen and oxygen atoms in total. The molecule has 0 amide bonds. The van der Waals surface area contributed by atoms with Crippen LogP contribution in [0.3, 0.4) is 0 Å². The molecule has 0 radical (unpaired) electrons. The van der Waals surface area contributed by atoms with Crippen LogP contribution in [-0.2, 0) is 10.0 Å². The highest BCUT2D eigenvalue weighted by atomic mass is 35.5. The number of halogens is 1. The highest BCUT2D eigenvalue weighted by Gasteiger charge is 2.47. The number of piperidine rings is 1. The van der Waals surface area contributed by atoms with E-state index in [1.165, 1.54) is 10.4 Å². The van der Waals surface area contributed by atoms with Gasteiger partial charge in [-0.15, -0.1) is 0 Å². The Morgan fingerprint density at radius 2 is 2.08 bits per heavy atom. The third kappa shape index (κ3) is 3.42. The van der Waals surface area contributed by atoms with Crippen molar-refractivity contribution in [2.75, 3.05) is 19.7 Å². The lowest BCUT2D eigenvalue weighted by Crippen LogP contribution is -2.49. The van der Waals surface area contributed by atoms with Gasteiger partial charge in [0, 0.05) is 23.5 Å². The number of rotatable bonds is 4. The predicted molar refractivity (Wildman–Crippen MR) is 97.6 cm³/mol. The summed E-state index contributed by atoms with van der Waals surface area (Å²) in [6.07, 6.45) is 3.82. The number of nitrogens with zero attached hydrogens (tertiary/aromatic N) is 1. The van der Waals surface area contributed by atoms with Crippen LogP contribution in [0.5, 0.6) is 5.75 Å². The van der Waals surface area contributed by atoms with Crippen LogP contribution in [0.25, 0.3) is 0 Å². The molecule has 140 valence electrons. The molecule has 1 N–H and O–H groups in total. The molecular weight excluding hydrogens is 362 g/mol. The Morgan fingerprint density at radius 1 is 1.36 bits per heavy atom. The van der Waals surface area contributed by atoms with E-state index >= 15 is 0 Å². The fourth-order valence-corrected chi connectivity index (χ4v) is 6.11. The number of benzene rings is 1. The van der Waals surface area contributed by atoms with Crippen molar-refractivity contribution in [3.8, 4) is 5.75 Å². The lowest BCUT2D eigenvalue weighted by Gasteiger charge is -2.41. The number of hydrogen-bond donors (Lipinski definition) is 1. The standard InChI is InChI=1S/C18H26ClNO4S/c1-3-24-15-10-13(2)14(19)11-16(15)25(22,23)20-9-5-8-18(12-20)7-4-6-17(18)21/h10-11,17,21H,3-9,12H2,1-2H3/t17-,18-/m1/s1. The molecule has 1 heterocycles. The minimum atomic E-state index is -3.73. The van der Waals surface area contributed by atoms with E-state index < -0.39 is 16.1 Å². The normalized spacial score (nSPS) is 27.8. The number of ether oxygens (including phenoxy) is 1. The average Bonchev–Trinajstić information content (AvgIpc) is 2.91. The van der Waals surface area contributed by atoms with Crippen LogP contribution in [0.15, 0.2) is 17.0 Å². The molecule has 0 unspecified atom stereocenters. The first-order chi connectivity index (χ1) is 11.8. The van der Waals surface area contributed by atoms with E-state index in [0.717, 1.165) is 37.7 Å². The van der Waals surface area contributed by atoms with E-state index in [1.54, 1.807) is 6.07 Å². The summed E-state index contributed by atoms with van der Waals surface area (Å²) < 4.78 is 33.7. The Balaban J connectivity index is 1.97. The number of aryl methyl sites for hydroxylation is 1. The molecule has 7 heteroatoms. The van der Waals surface area contributed by atoms with E-state index in [2.05, 4.69) is 0 Å². The largest absolute Gasteiger partial charge is 0.492 e. The summed E-state index contributed by atoms with van der Waals surface area (Å²) in [7, 11) is -3.73. The second kappa shape index (κ2) is 7.06. The van der Waals surface area contributed by atoms with E-state index in [0.29, 0.717) is 30.5 Å². The minimum absolute atomic E-state index is 0.120. The van der Waals surface area contributed by atoms with Gasteiger partial charge in [-0.1, -0.05) is 18.0 Å². The highest BCUT2D eigenvalue weighted by molar-refractivity contribution is 7.89. The van der Waals surface area contributed by atoms with Gasteiger partial charge in [-0.3, -0.25) is 0 Å². The quantitative estimate of drug-likeness (QED) is 0.860. The third-order valence-corrected chi connectivity index (χ3v) is 7.85. The van der Waals surface area contributed by atoms with Gasteiger partial charge in [0.1, 0.15) is 10.6 Å². The first-order valence-electron chi connectivity index (χ1n) is 8.91. The van der Waals surface area contributed by atoms with E-state index in [1.807, 2.05) is 13.8 Å². The summed E-state index contributed by atoms with van der Waals surface area (Å²) in [6, 6.07) is 3.17. The van der Waals surface area contributed by atoms with Crippen LogP contribution in [0.4, 0.5) is 0 Å². The van der Waals surface area contributed by atoms with Crippen LogP contribution in [0.2, 0.25) is 5.02 Å². The van der Waals surface area contributed by atoms with Crippen molar-refractivity contribution in [2.45, 2.75) is 57.0 Å². The van der Waals surface area contributed by atoms with Gasteiger partial charge in [0.05, 0.1) is 12.7 Å². The Kier molecular flexibility index (Phi) is 5.36. The van der Waals surface area contributed by atoms with Gasteiger partial charge in [0.2, 0.25) is 10.0 Å². The summed E-state index contributed by atoms with van der Waals surface area (Å²) in [6.45, 7) is 4.87. The smallest absolute Gasteiger partial charge is 0.246 e. The van der Waals surface area contributed by atoms with Crippen LogP contribution in [0, 0.1) is 12.3 Å². The summed E-state index contributed by atoms with van der Waals surface area (Å²) >= 11 is 6.20. The number of aliphatic hydroxyl groups is 1. The first-order valence-corrected chi connectivity index (χ1v) is 10.7. The van der Waals surface area contributed by atoms with Crippen molar-refractivity contribution in [1.82, 2.24) is 4.31 Å². The van der Waals surface area contributed by atoms with Gasteiger partial charge in [0.15, 0.2) is 0 Å². The molecule has 2 fully saturated rings. The summed E-state index contributed by atoms with van der Waals surface area (Å²) in [5.41, 5.74) is 0.483. The molecule has 1 spiro atoms. The average molecular weight is 388 g/mol. The van der Waals surface area contributed by atoms with Gasteiger partial charge in [-0.05, 0) is 57.2 Å². The predicted octanol–water partition coefficient (Wildman–Crippen LogP) is 3.36. The molecular formula is C18H26ClNO4S. The summed E-state index contributed by atoms with van der Waals surface area (Å²) in [5.74, 6) is 0.344. The van der Waals surface area contributed by atoms with Gasteiger partial charge in [-0.2, -0.15) is 4.31 Å². The van der Waals surface area contributed by atoms with E-state index in [4.69, 9.17) is 16.3 Å².